The molecular formula is C32H39F2N5O5. The van der Waals surface area contributed by atoms with Gasteiger partial charge in [-0.3, -0.25) is 14.6 Å². The van der Waals surface area contributed by atoms with Gasteiger partial charge in [-0.1, -0.05) is 60.7 Å². The van der Waals surface area contributed by atoms with E-state index in [9.17, 15) is 18.7 Å². The number of halogens is 2. The number of carbonyl (C=O) groups excluding carboxylic acids is 1. The van der Waals surface area contributed by atoms with Crippen LogP contribution in [0.5, 0.6) is 17.8 Å². The first-order valence-electron chi connectivity index (χ1n) is 14.9. The molecule has 1 aromatic heterocycles. The summed E-state index contributed by atoms with van der Waals surface area (Å²) >= 11 is 0. The van der Waals surface area contributed by atoms with Gasteiger partial charge in [0, 0.05) is 57.3 Å². The SMILES string of the molecule is CCOc1nc(OC)c(CN2C[C@@H]3CN(C(=O)CO)CCN3[C@H](C(c3ccccc3)c3ccccc3)C2)c(OCC(F)F)n1. The zero-order valence-electron chi connectivity index (χ0n) is 25.0. The Balaban J connectivity index is 1.54. The van der Waals surface area contributed by atoms with Crippen molar-refractivity contribution in [1.82, 2.24) is 24.7 Å². The number of amides is 1. The van der Waals surface area contributed by atoms with Crippen LogP contribution in [0.15, 0.2) is 60.7 Å². The Bertz CT molecular complexity index is 1330. The molecule has 3 aromatic rings. The Kier molecular flexibility index (Phi) is 10.6. The summed E-state index contributed by atoms with van der Waals surface area (Å²) in [5, 5.41) is 9.59. The zero-order chi connectivity index (χ0) is 31.1. The molecule has 3 heterocycles. The van der Waals surface area contributed by atoms with Crippen molar-refractivity contribution in [2.24, 2.45) is 0 Å². The highest BCUT2D eigenvalue weighted by molar-refractivity contribution is 5.77. The lowest BCUT2D eigenvalue weighted by Gasteiger charge is -2.53. The van der Waals surface area contributed by atoms with E-state index in [4.69, 9.17) is 14.2 Å². The van der Waals surface area contributed by atoms with Gasteiger partial charge >= 0.3 is 6.01 Å². The van der Waals surface area contributed by atoms with Crippen LogP contribution < -0.4 is 14.2 Å². The van der Waals surface area contributed by atoms with Gasteiger partial charge in [-0.25, -0.2) is 8.78 Å². The van der Waals surface area contributed by atoms with Gasteiger partial charge in [-0.05, 0) is 18.1 Å². The molecule has 0 unspecified atom stereocenters. The van der Waals surface area contributed by atoms with Crippen molar-refractivity contribution in [3.63, 3.8) is 0 Å². The maximum atomic E-state index is 13.2. The Morgan fingerprint density at radius 2 is 1.61 bits per heavy atom. The summed E-state index contributed by atoms with van der Waals surface area (Å²) in [5.74, 6) is -0.112. The minimum atomic E-state index is -2.69. The fraction of sp³-hybridized carbons (Fsp3) is 0.469. The summed E-state index contributed by atoms with van der Waals surface area (Å²) in [7, 11) is 1.46. The molecule has 0 bridgehead atoms. The molecule has 236 valence electrons. The predicted octanol–water partition coefficient (Wildman–Crippen LogP) is 3.05. The maximum absolute atomic E-state index is 13.2. The topological polar surface area (TPSA) is 100 Å². The second-order valence-electron chi connectivity index (χ2n) is 10.9. The number of aliphatic hydroxyl groups excluding tert-OH is 1. The van der Waals surface area contributed by atoms with Crippen LogP contribution in [0.3, 0.4) is 0 Å². The molecule has 2 atom stereocenters. The molecule has 1 amide bonds. The molecule has 5 rings (SSSR count). The minimum absolute atomic E-state index is 0.00460. The van der Waals surface area contributed by atoms with Crippen LogP contribution in [0, 0.1) is 0 Å². The largest absolute Gasteiger partial charge is 0.481 e. The molecule has 0 radical (unpaired) electrons. The number of fused-ring (bicyclic) bond motifs is 1. The number of methoxy groups -OCH3 is 1. The lowest BCUT2D eigenvalue weighted by atomic mass is 9.81. The highest BCUT2D eigenvalue weighted by Gasteiger charge is 2.43. The first-order chi connectivity index (χ1) is 21.4. The number of hydrogen-bond acceptors (Lipinski definition) is 9. The van der Waals surface area contributed by atoms with Gasteiger partial charge in [-0.2, -0.15) is 9.97 Å². The number of carbonyl (C=O) groups is 1. The highest BCUT2D eigenvalue weighted by Crippen LogP contribution is 2.37. The number of benzene rings is 2. The first-order valence-corrected chi connectivity index (χ1v) is 14.9. The standard InChI is InChI=1S/C32H39F2N5O5/c1-3-43-32-35-30(42-2)25(31(36-32)44-21-27(33)34)18-37-16-24-17-38(28(41)20-40)14-15-39(24)26(19-37)29(22-10-6-4-7-11-22)23-12-8-5-9-13-23/h4-13,24,26-27,29,40H,3,14-21H2,1-2H3/t24-,26+/m1/s1. The van der Waals surface area contributed by atoms with Crippen LogP contribution in [0.25, 0.3) is 0 Å². The van der Waals surface area contributed by atoms with Crippen molar-refractivity contribution in [3.8, 4) is 17.8 Å². The Labute approximate surface area is 256 Å². The van der Waals surface area contributed by atoms with Gasteiger partial charge in [0.2, 0.25) is 17.7 Å². The van der Waals surface area contributed by atoms with Crippen molar-refractivity contribution < 1.29 is 32.9 Å². The quantitative estimate of drug-likeness (QED) is 0.331. The van der Waals surface area contributed by atoms with E-state index in [0.29, 0.717) is 38.3 Å². The van der Waals surface area contributed by atoms with E-state index in [-0.39, 0.29) is 54.8 Å². The van der Waals surface area contributed by atoms with Gasteiger partial charge < -0.3 is 24.2 Å². The number of hydrogen-bond donors (Lipinski definition) is 1. The third-order valence-electron chi connectivity index (χ3n) is 8.16. The van der Waals surface area contributed by atoms with Crippen molar-refractivity contribution in [1.29, 1.82) is 0 Å². The van der Waals surface area contributed by atoms with E-state index in [0.717, 1.165) is 0 Å². The normalized spacial score (nSPS) is 19.2. The van der Waals surface area contributed by atoms with Crippen LogP contribution in [0.1, 0.15) is 29.5 Å². The van der Waals surface area contributed by atoms with E-state index in [2.05, 4.69) is 44.0 Å². The van der Waals surface area contributed by atoms with Crippen molar-refractivity contribution in [2.75, 3.05) is 59.7 Å². The average Bonchev–Trinajstić information content (AvgIpc) is 3.05. The molecular weight excluding hydrogens is 572 g/mol. The van der Waals surface area contributed by atoms with Gasteiger partial charge in [-0.15, -0.1) is 0 Å². The molecule has 10 nitrogen and oxygen atoms in total. The van der Waals surface area contributed by atoms with E-state index >= 15 is 0 Å². The monoisotopic (exact) mass is 611 g/mol. The molecule has 12 heteroatoms. The van der Waals surface area contributed by atoms with E-state index in [1.54, 1.807) is 11.8 Å². The fourth-order valence-electron chi connectivity index (χ4n) is 6.33. The number of alkyl halides is 2. The lowest BCUT2D eigenvalue weighted by Crippen LogP contribution is -2.67. The molecule has 2 aliphatic heterocycles. The smallest absolute Gasteiger partial charge is 0.323 e. The summed E-state index contributed by atoms with van der Waals surface area (Å²) in [4.78, 5) is 27.6. The highest BCUT2D eigenvalue weighted by atomic mass is 19.3. The van der Waals surface area contributed by atoms with Crippen LogP contribution in [-0.4, -0.2) is 114 Å². The number of nitrogens with zero attached hydrogens (tertiary/aromatic N) is 5. The van der Waals surface area contributed by atoms with E-state index in [1.165, 1.54) is 18.2 Å². The predicted molar refractivity (Wildman–Crippen MR) is 159 cm³/mol. The molecule has 0 spiro atoms. The van der Waals surface area contributed by atoms with Gasteiger partial charge in [0.25, 0.3) is 6.43 Å². The number of aromatic nitrogens is 2. The second-order valence-corrected chi connectivity index (χ2v) is 10.9. The molecule has 2 aromatic carbocycles. The van der Waals surface area contributed by atoms with Gasteiger partial charge in [0.1, 0.15) is 6.61 Å². The molecule has 0 aliphatic carbocycles. The number of ether oxygens (including phenoxy) is 3. The summed E-state index contributed by atoms with van der Waals surface area (Å²) < 4.78 is 43.0. The molecule has 1 N–H and O–H groups in total. The Morgan fingerprint density at radius 3 is 2.20 bits per heavy atom. The average molecular weight is 612 g/mol. The minimum Gasteiger partial charge on any atom is -0.481 e. The number of rotatable bonds is 12. The summed E-state index contributed by atoms with van der Waals surface area (Å²) in [6, 6.07) is 20.6. The van der Waals surface area contributed by atoms with Crippen molar-refractivity contribution in [3.05, 3.63) is 77.4 Å². The molecule has 2 aliphatic rings. The summed E-state index contributed by atoms with van der Waals surface area (Å²) in [5.41, 5.74) is 2.78. The first kappa shape index (κ1) is 31.6. The van der Waals surface area contributed by atoms with E-state index in [1.807, 2.05) is 36.4 Å². The van der Waals surface area contributed by atoms with E-state index < -0.39 is 19.6 Å². The molecule has 2 fully saturated rings. The molecule has 2 saturated heterocycles. The summed E-state index contributed by atoms with van der Waals surface area (Å²) in [6.07, 6.45) is -2.69. The van der Waals surface area contributed by atoms with Crippen LogP contribution >= 0.6 is 0 Å². The number of aliphatic hydroxyl groups is 1. The van der Waals surface area contributed by atoms with Crippen LogP contribution in [-0.2, 0) is 11.3 Å². The Hall–Kier alpha value is -3.87. The number of piperazine rings is 2. The van der Waals surface area contributed by atoms with Crippen LogP contribution in [0.2, 0.25) is 0 Å². The second kappa shape index (κ2) is 14.7. The van der Waals surface area contributed by atoms with Crippen molar-refractivity contribution >= 4 is 5.91 Å². The lowest BCUT2D eigenvalue weighted by molar-refractivity contribution is -0.139. The van der Waals surface area contributed by atoms with Gasteiger partial charge in [0.05, 0.1) is 19.3 Å². The van der Waals surface area contributed by atoms with Gasteiger partial charge in [0.15, 0.2) is 6.61 Å². The third kappa shape index (κ3) is 7.25. The van der Waals surface area contributed by atoms with Crippen LogP contribution in [0.4, 0.5) is 8.78 Å². The summed E-state index contributed by atoms with van der Waals surface area (Å²) in [6.45, 7) is 3.78. The third-order valence-corrected chi connectivity index (χ3v) is 8.16. The molecule has 0 saturated carbocycles. The fourth-order valence-corrected chi connectivity index (χ4v) is 6.33. The van der Waals surface area contributed by atoms with Crippen molar-refractivity contribution in [2.45, 2.75) is 37.9 Å². The Morgan fingerprint density at radius 1 is 0.955 bits per heavy atom. The maximum Gasteiger partial charge on any atom is 0.323 e. The zero-order valence-corrected chi connectivity index (χ0v) is 25.0. The molecule has 44 heavy (non-hydrogen) atoms.